The number of benzene rings is 1. The van der Waals surface area contributed by atoms with Crippen molar-refractivity contribution < 1.29 is 9.13 Å². The third-order valence-electron chi connectivity index (χ3n) is 2.65. The van der Waals surface area contributed by atoms with Gasteiger partial charge in [-0.15, -0.1) is 0 Å². The molecule has 3 heteroatoms. The SMILES string of the molecule is CCOCC[BH2-]c1cc(F)ccc1C. The summed E-state index contributed by atoms with van der Waals surface area (Å²) in [5, 5.41) is 0. The highest BCUT2D eigenvalue weighted by molar-refractivity contribution is 6.54. The first-order chi connectivity index (χ1) is 6.74. The van der Waals surface area contributed by atoms with Crippen molar-refractivity contribution in [1.29, 1.82) is 0 Å². The van der Waals surface area contributed by atoms with Gasteiger partial charge in [0, 0.05) is 13.2 Å². The maximum absolute atomic E-state index is 12.9. The predicted octanol–water partition coefficient (Wildman–Crippen LogP) is 1.38. The molecular weight excluding hydrogens is 178 g/mol. The van der Waals surface area contributed by atoms with Gasteiger partial charge in [0.1, 0.15) is 5.82 Å². The van der Waals surface area contributed by atoms with Crippen molar-refractivity contribution in [3.63, 3.8) is 0 Å². The molecule has 0 atom stereocenters. The molecule has 78 valence electrons. The Hall–Kier alpha value is -0.825. The smallest absolute Gasteiger partial charge is 0.120 e. The highest BCUT2D eigenvalue weighted by Crippen LogP contribution is 1.99. The van der Waals surface area contributed by atoms with E-state index in [1.807, 2.05) is 19.9 Å². The quantitative estimate of drug-likeness (QED) is 0.509. The summed E-state index contributed by atoms with van der Waals surface area (Å²) in [5.74, 6) is -0.120. The van der Waals surface area contributed by atoms with Crippen LogP contribution in [0.25, 0.3) is 0 Å². The van der Waals surface area contributed by atoms with Gasteiger partial charge >= 0.3 is 0 Å². The fraction of sp³-hybridized carbons (Fsp3) is 0.455. The van der Waals surface area contributed by atoms with Gasteiger partial charge in [-0.2, -0.15) is 6.32 Å². The van der Waals surface area contributed by atoms with Gasteiger partial charge in [0.15, 0.2) is 0 Å². The first-order valence-electron chi connectivity index (χ1n) is 5.42. The van der Waals surface area contributed by atoms with Gasteiger partial charge in [0.25, 0.3) is 0 Å². The van der Waals surface area contributed by atoms with Crippen LogP contribution >= 0.6 is 0 Å². The first-order valence-corrected chi connectivity index (χ1v) is 5.42. The van der Waals surface area contributed by atoms with Crippen molar-refractivity contribution in [2.45, 2.75) is 20.2 Å². The largest absolute Gasteiger partial charge is 0.385 e. The molecule has 0 N–H and O–H groups in total. The van der Waals surface area contributed by atoms with E-state index in [-0.39, 0.29) is 13.1 Å². The van der Waals surface area contributed by atoms with Crippen molar-refractivity contribution in [1.82, 2.24) is 0 Å². The van der Waals surface area contributed by atoms with Crippen molar-refractivity contribution in [3.8, 4) is 0 Å². The molecule has 1 aromatic rings. The van der Waals surface area contributed by atoms with Gasteiger partial charge in [-0.05, 0) is 27.2 Å². The molecule has 14 heavy (non-hydrogen) atoms. The average molecular weight is 195 g/mol. The molecule has 0 saturated heterocycles. The average Bonchev–Trinajstić information content (AvgIpc) is 2.18. The van der Waals surface area contributed by atoms with Gasteiger partial charge in [0.2, 0.25) is 0 Å². The van der Waals surface area contributed by atoms with E-state index in [9.17, 15) is 4.39 Å². The zero-order valence-corrected chi connectivity index (χ0v) is 9.14. The minimum atomic E-state index is -0.223. The maximum atomic E-state index is 12.9. The predicted molar refractivity (Wildman–Crippen MR) is 60.6 cm³/mol. The Kier molecular flexibility index (Phi) is 4.67. The molecule has 1 aromatic carbocycles. The first kappa shape index (κ1) is 11.3. The Labute approximate surface area is 85.5 Å². The highest BCUT2D eigenvalue weighted by Gasteiger charge is 1.94. The lowest BCUT2D eigenvalue weighted by molar-refractivity contribution is 0.162. The highest BCUT2D eigenvalue weighted by atomic mass is 19.1. The van der Waals surface area contributed by atoms with Crippen LogP contribution in [-0.2, 0) is 4.74 Å². The lowest BCUT2D eigenvalue weighted by Gasteiger charge is -2.11. The van der Waals surface area contributed by atoms with E-state index in [2.05, 4.69) is 0 Å². The summed E-state index contributed by atoms with van der Waals surface area (Å²) in [6.45, 7) is 5.62. The minimum Gasteiger partial charge on any atom is -0.385 e. The number of hydrogen-bond donors (Lipinski definition) is 0. The van der Waals surface area contributed by atoms with Gasteiger partial charge in [0.05, 0.1) is 0 Å². The molecule has 0 aromatic heterocycles. The Morgan fingerprint density at radius 2 is 2.21 bits per heavy atom. The van der Waals surface area contributed by atoms with Crippen LogP contribution in [0.2, 0.25) is 6.32 Å². The number of aryl methyl sites for hydroxylation is 1. The number of halogens is 1. The van der Waals surface area contributed by atoms with E-state index in [4.69, 9.17) is 4.74 Å². The standard InChI is InChI=1S/C11H17BFO/c1-3-14-7-6-12-11-8-10(13)5-4-9(11)2/h4-5,8H,3,6-7,12H2,1-2H3/q-1. The fourth-order valence-corrected chi connectivity index (χ4v) is 1.75. The molecule has 0 radical (unpaired) electrons. The van der Waals surface area contributed by atoms with Crippen molar-refractivity contribution in [2.75, 3.05) is 13.2 Å². The molecule has 0 unspecified atom stereocenters. The Morgan fingerprint density at radius 1 is 1.43 bits per heavy atom. The number of ether oxygens (including phenoxy) is 1. The molecular formula is C11H17BFO-. The molecule has 0 bridgehead atoms. The molecule has 0 aliphatic carbocycles. The van der Waals surface area contributed by atoms with E-state index in [0.717, 1.165) is 19.5 Å². The van der Waals surface area contributed by atoms with Crippen LogP contribution in [-0.4, -0.2) is 20.5 Å². The molecule has 0 heterocycles. The molecule has 0 aliphatic heterocycles. The fourth-order valence-electron chi connectivity index (χ4n) is 1.75. The normalized spacial score (nSPS) is 10.5. The monoisotopic (exact) mass is 195 g/mol. The van der Waals surface area contributed by atoms with Crippen molar-refractivity contribution in [2.24, 2.45) is 0 Å². The zero-order chi connectivity index (χ0) is 10.4. The van der Waals surface area contributed by atoms with Crippen LogP contribution in [0.3, 0.4) is 0 Å². The van der Waals surface area contributed by atoms with Crippen molar-refractivity contribution in [3.05, 3.63) is 29.6 Å². The van der Waals surface area contributed by atoms with Gasteiger partial charge in [-0.1, -0.05) is 17.7 Å². The lowest BCUT2D eigenvalue weighted by Crippen LogP contribution is -2.19. The summed E-state index contributed by atoms with van der Waals surface area (Å²) in [5.41, 5.74) is 2.42. The molecule has 0 spiro atoms. The summed E-state index contributed by atoms with van der Waals surface area (Å²) in [6, 6.07) is 5.05. The van der Waals surface area contributed by atoms with Crippen LogP contribution in [0.5, 0.6) is 0 Å². The lowest BCUT2D eigenvalue weighted by atomic mass is 9.66. The number of rotatable bonds is 5. The van der Waals surface area contributed by atoms with E-state index in [1.54, 1.807) is 6.07 Å². The molecule has 1 nitrogen and oxygen atoms in total. The second-order valence-corrected chi connectivity index (χ2v) is 3.78. The molecule has 0 aliphatic rings. The van der Waals surface area contributed by atoms with E-state index in [0.29, 0.717) is 0 Å². The maximum Gasteiger partial charge on any atom is 0.120 e. The molecule has 0 saturated carbocycles. The zero-order valence-electron chi connectivity index (χ0n) is 9.14. The second-order valence-electron chi connectivity index (χ2n) is 3.78. The van der Waals surface area contributed by atoms with Crippen molar-refractivity contribution >= 4 is 12.7 Å². The number of hydrogen-bond acceptors (Lipinski definition) is 1. The summed E-state index contributed by atoms with van der Waals surface area (Å²) in [7, 11) is -0.223. The van der Waals surface area contributed by atoms with E-state index < -0.39 is 0 Å². The summed E-state index contributed by atoms with van der Waals surface area (Å²) in [4.78, 5) is 0. The summed E-state index contributed by atoms with van der Waals surface area (Å²) < 4.78 is 18.2. The van der Waals surface area contributed by atoms with E-state index in [1.165, 1.54) is 17.1 Å². The van der Waals surface area contributed by atoms with Gasteiger partial charge in [-0.25, -0.2) is 9.85 Å². The summed E-state index contributed by atoms with van der Waals surface area (Å²) >= 11 is 0. The molecule has 0 amide bonds. The van der Waals surface area contributed by atoms with Crippen LogP contribution in [0.15, 0.2) is 18.2 Å². The Balaban J connectivity index is 2.45. The third-order valence-corrected chi connectivity index (χ3v) is 2.65. The summed E-state index contributed by atoms with van der Waals surface area (Å²) in [6.07, 6.45) is 1.08. The van der Waals surface area contributed by atoms with Gasteiger partial charge < -0.3 is 4.74 Å². The van der Waals surface area contributed by atoms with Crippen LogP contribution in [0.4, 0.5) is 4.39 Å². The Morgan fingerprint density at radius 3 is 2.93 bits per heavy atom. The molecule has 0 fully saturated rings. The third kappa shape index (κ3) is 3.50. The van der Waals surface area contributed by atoms with Crippen LogP contribution < -0.4 is 5.46 Å². The molecule has 1 rings (SSSR count). The Bertz CT molecular complexity index is 289. The van der Waals surface area contributed by atoms with Crippen LogP contribution in [0.1, 0.15) is 12.5 Å². The van der Waals surface area contributed by atoms with E-state index >= 15 is 0 Å². The van der Waals surface area contributed by atoms with Crippen LogP contribution in [0, 0.1) is 12.7 Å². The second kappa shape index (κ2) is 5.81. The van der Waals surface area contributed by atoms with Gasteiger partial charge in [-0.3, -0.25) is 0 Å². The minimum absolute atomic E-state index is 0.120. The topological polar surface area (TPSA) is 9.23 Å².